The van der Waals surface area contributed by atoms with Crippen molar-refractivity contribution >= 4 is 14.3 Å². The van der Waals surface area contributed by atoms with Crippen molar-refractivity contribution in [1.82, 2.24) is 0 Å². The van der Waals surface area contributed by atoms with Crippen LogP contribution < -0.4 is 0 Å². The summed E-state index contributed by atoms with van der Waals surface area (Å²) in [5, 5.41) is 0. The van der Waals surface area contributed by atoms with Crippen molar-refractivity contribution in [2.24, 2.45) is 0 Å². The van der Waals surface area contributed by atoms with Gasteiger partial charge in [-0.05, 0) is 24.1 Å². The Hall–Kier alpha value is -0.573. The first-order valence-corrected chi connectivity index (χ1v) is 10.5. The van der Waals surface area contributed by atoms with Crippen LogP contribution in [-0.4, -0.2) is 14.3 Å². The van der Waals surface area contributed by atoms with Gasteiger partial charge in [0.25, 0.3) is 8.32 Å². The summed E-state index contributed by atoms with van der Waals surface area (Å²) in [5.41, 5.74) is 1.55. The van der Waals surface area contributed by atoms with Gasteiger partial charge in [-0.15, -0.1) is 0 Å². The van der Waals surface area contributed by atoms with E-state index in [4.69, 9.17) is 4.43 Å². The molecule has 0 heterocycles. The van der Waals surface area contributed by atoms with Crippen molar-refractivity contribution < 1.29 is 9.22 Å². The molecule has 0 aliphatic heterocycles. The fraction of sp³-hybridized carbons (Fsp3) is 0.824. The summed E-state index contributed by atoms with van der Waals surface area (Å²) < 4.78 is 6.15. The second kappa shape index (κ2) is 9.38. The summed E-state index contributed by atoms with van der Waals surface area (Å²) in [4.78, 5) is 12.1. The lowest BCUT2D eigenvalue weighted by atomic mass is 10.3. The first-order valence-electron chi connectivity index (χ1n) is 8.24. The quantitative estimate of drug-likeness (QED) is 0.287. The molecule has 20 heavy (non-hydrogen) atoms. The predicted octanol–water partition coefficient (Wildman–Crippen LogP) is 5.84. The van der Waals surface area contributed by atoms with E-state index in [1.54, 1.807) is 6.92 Å². The second-order valence-electron chi connectivity index (χ2n) is 6.20. The molecule has 0 saturated heterocycles. The van der Waals surface area contributed by atoms with Crippen LogP contribution in [0.4, 0.5) is 0 Å². The Morgan fingerprint density at radius 2 is 1.60 bits per heavy atom. The maximum atomic E-state index is 12.1. The summed E-state index contributed by atoms with van der Waals surface area (Å²) in [5.74, 6) is -0.172. The molecular weight excluding hydrogens is 264 g/mol. The van der Waals surface area contributed by atoms with E-state index in [9.17, 15) is 4.79 Å². The Kier molecular flexibility index (Phi) is 9.11. The highest BCUT2D eigenvalue weighted by molar-refractivity contribution is 6.78. The maximum Gasteiger partial charge on any atom is 0.319 e. The highest BCUT2D eigenvalue weighted by atomic mass is 28.4. The van der Waals surface area contributed by atoms with Crippen LogP contribution in [0.25, 0.3) is 0 Å². The monoisotopic (exact) mass is 298 g/mol. The molecular formula is C17H34O2Si. The van der Waals surface area contributed by atoms with Crippen molar-refractivity contribution in [1.29, 1.82) is 0 Å². The Morgan fingerprint density at radius 3 is 1.95 bits per heavy atom. The molecule has 0 N–H and O–H groups in total. The van der Waals surface area contributed by atoms with Gasteiger partial charge in [0.1, 0.15) is 0 Å². The molecule has 0 rings (SSSR count). The molecule has 0 spiro atoms. The molecule has 0 aliphatic rings. The Labute approximate surface area is 127 Å². The molecule has 2 unspecified atom stereocenters. The van der Waals surface area contributed by atoms with Crippen molar-refractivity contribution in [3.8, 4) is 0 Å². The lowest BCUT2D eigenvalue weighted by molar-refractivity contribution is -0.131. The molecule has 0 aliphatic carbocycles. The summed E-state index contributed by atoms with van der Waals surface area (Å²) in [6, 6.07) is 1.10. The minimum Gasteiger partial charge on any atom is -0.515 e. The molecule has 0 fully saturated rings. The van der Waals surface area contributed by atoms with Crippen molar-refractivity contribution in [2.75, 3.05) is 0 Å². The fourth-order valence-electron chi connectivity index (χ4n) is 2.83. The van der Waals surface area contributed by atoms with Gasteiger partial charge in [0.05, 0.1) is 0 Å². The number of carbonyl (C=O) groups excluding carboxylic acids is 1. The SMILES string of the molecule is C=C(C)C(=O)O[Si](CCCCC)(C(C)CC)C(C)CC. The largest absolute Gasteiger partial charge is 0.515 e. The Balaban J connectivity index is 5.29. The summed E-state index contributed by atoms with van der Waals surface area (Å²) in [7, 11) is -2.08. The van der Waals surface area contributed by atoms with Gasteiger partial charge in [0.15, 0.2) is 0 Å². The molecule has 118 valence electrons. The van der Waals surface area contributed by atoms with Crippen LogP contribution in [0.5, 0.6) is 0 Å². The number of carbonyl (C=O) groups is 1. The lowest BCUT2D eigenvalue weighted by Gasteiger charge is -2.40. The van der Waals surface area contributed by atoms with Crippen LogP contribution >= 0.6 is 0 Å². The molecule has 0 bridgehead atoms. The molecule has 0 amide bonds. The maximum absolute atomic E-state index is 12.1. The van der Waals surface area contributed by atoms with Gasteiger partial charge in [-0.2, -0.15) is 0 Å². The topological polar surface area (TPSA) is 26.3 Å². The van der Waals surface area contributed by atoms with E-state index < -0.39 is 8.32 Å². The van der Waals surface area contributed by atoms with Gasteiger partial charge >= 0.3 is 5.97 Å². The number of hydrogen-bond acceptors (Lipinski definition) is 2. The van der Waals surface area contributed by atoms with Crippen molar-refractivity contribution in [3.05, 3.63) is 12.2 Å². The van der Waals surface area contributed by atoms with Gasteiger partial charge < -0.3 is 4.43 Å². The van der Waals surface area contributed by atoms with E-state index >= 15 is 0 Å². The van der Waals surface area contributed by atoms with Crippen LogP contribution in [0.2, 0.25) is 17.1 Å². The molecule has 0 aromatic rings. The van der Waals surface area contributed by atoms with Gasteiger partial charge in [-0.1, -0.05) is 73.3 Å². The smallest absolute Gasteiger partial charge is 0.319 e. The van der Waals surface area contributed by atoms with E-state index in [-0.39, 0.29) is 5.97 Å². The highest BCUT2D eigenvalue weighted by Gasteiger charge is 2.46. The Morgan fingerprint density at radius 1 is 1.10 bits per heavy atom. The molecule has 2 nitrogen and oxygen atoms in total. The van der Waals surface area contributed by atoms with E-state index in [0.29, 0.717) is 16.7 Å². The van der Waals surface area contributed by atoms with E-state index in [1.165, 1.54) is 19.3 Å². The third kappa shape index (κ3) is 5.08. The Bertz CT molecular complexity index is 302. The number of hydrogen-bond donors (Lipinski definition) is 0. The second-order valence-corrected chi connectivity index (χ2v) is 10.8. The number of unbranched alkanes of at least 4 members (excludes halogenated alkanes) is 2. The van der Waals surface area contributed by atoms with Crippen LogP contribution in [0.3, 0.4) is 0 Å². The fourth-order valence-corrected chi connectivity index (χ4v) is 8.00. The third-order valence-electron chi connectivity index (χ3n) is 4.70. The van der Waals surface area contributed by atoms with Crippen molar-refractivity contribution in [2.45, 2.75) is 90.8 Å². The minimum absolute atomic E-state index is 0.172. The predicted molar refractivity (Wildman–Crippen MR) is 90.4 cm³/mol. The van der Waals surface area contributed by atoms with Gasteiger partial charge in [-0.3, -0.25) is 0 Å². The lowest BCUT2D eigenvalue weighted by Crippen LogP contribution is -2.48. The van der Waals surface area contributed by atoms with Crippen molar-refractivity contribution in [3.63, 3.8) is 0 Å². The van der Waals surface area contributed by atoms with E-state index in [2.05, 4.69) is 41.2 Å². The summed E-state index contributed by atoms with van der Waals surface area (Å²) in [6.07, 6.45) is 5.80. The zero-order valence-electron chi connectivity index (χ0n) is 14.4. The first kappa shape index (κ1) is 19.4. The molecule has 2 atom stereocenters. The highest BCUT2D eigenvalue weighted by Crippen LogP contribution is 2.42. The molecule has 0 radical (unpaired) electrons. The normalized spacial score (nSPS) is 17.1. The van der Waals surface area contributed by atoms with E-state index in [0.717, 1.165) is 18.9 Å². The zero-order chi connectivity index (χ0) is 15.8. The molecule has 0 aromatic carbocycles. The third-order valence-corrected chi connectivity index (χ3v) is 10.5. The molecule has 0 aromatic heterocycles. The summed E-state index contributed by atoms with van der Waals surface area (Å²) in [6.45, 7) is 16.7. The molecule has 3 heteroatoms. The first-order chi connectivity index (χ1) is 9.35. The van der Waals surface area contributed by atoms with Crippen LogP contribution in [0.15, 0.2) is 12.2 Å². The van der Waals surface area contributed by atoms with Crippen LogP contribution in [0.1, 0.15) is 73.6 Å². The average Bonchev–Trinajstić information content (AvgIpc) is 2.44. The van der Waals surface area contributed by atoms with Gasteiger partial charge in [0, 0.05) is 5.57 Å². The number of rotatable bonds is 10. The minimum atomic E-state index is -2.08. The molecule has 0 saturated carbocycles. The summed E-state index contributed by atoms with van der Waals surface area (Å²) >= 11 is 0. The van der Waals surface area contributed by atoms with E-state index in [1.807, 2.05) is 0 Å². The zero-order valence-corrected chi connectivity index (χ0v) is 15.4. The van der Waals surface area contributed by atoms with Gasteiger partial charge in [0.2, 0.25) is 0 Å². The van der Waals surface area contributed by atoms with Crippen LogP contribution in [0, 0.1) is 0 Å². The van der Waals surface area contributed by atoms with Gasteiger partial charge in [-0.25, -0.2) is 4.79 Å². The van der Waals surface area contributed by atoms with Crippen LogP contribution in [-0.2, 0) is 9.22 Å². The average molecular weight is 299 g/mol. The standard InChI is InChI=1S/C17H34O2Si/c1-8-11-12-13-20(15(6)9-2,16(7)10-3)19-17(18)14(4)5/h15-16H,4,8-13H2,1-3,5-7H3.